The predicted molar refractivity (Wildman–Crippen MR) is 98.2 cm³/mol. The number of aliphatic hydroxyl groups excluding tert-OH is 1. The number of aliphatic hydroxyl groups is 1. The van der Waals surface area contributed by atoms with E-state index in [1.54, 1.807) is 12.5 Å². The van der Waals surface area contributed by atoms with Gasteiger partial charge in [0.15, 0.2) is 0 Å². The number of fused-ring (bicyclic) bond motifs is 1. The molecular formula is C17H16N8O2. The molecule has 0 radical (unpaired) electrons. The molecule has 3 heterocycles. The van der Waals surface area contributed by atoms with Gasteiger partial charge in [0.1, 0.15) is 0 Å². The molecule has 5 N–H and O–H groups in total. The average molecular weight is 364 g/mol. The topological polar surface area (TPSA) is 148 Å². The van der Waals surface area contributed by atoms with Gasteiger partial charge in [0, 0.05) is 36.4 Å². The summed E-state index contributed by atoms with van der Waals surface area (Å²) in [6.45, 7) is 0.423. The van der Waals surface area contributed by atoms with Crippen LogP contribution >= 0.6 is 0 Å². The lowest BCUT2D eigenvalue weighted by molar-refractivity contribution is 0.0999. The number of carbonyl (C=O) groups excluding carboxylic acids is 1. The zero-order chi connectivity index (χ0) is 18.8. The maximum absolute atomic E-state index is 11.1. The van der Waals surface area contributed by atoms with Crippen LogP contribution in [0.15, 0.2) is 43.1 Å². The molecule has 0 aliphatic rings. The van der Waals surface area contributed by atoms with Crippen molar-refractivity contribution in [1.82, 2.24) is 29.7 Å². The summed E-state index contributed by atoms with van der Waals surface area (Å²) in [6.07, 6.45) is 6.07. The number of imidazole rings is 1. The fraction of sp³-hybridized carbons (Fsp3) is 0.118. The molecular weight excluding hydrogens is 348 g/mol. The van der Waals surface area contributed by atoms with E-state index >= 15 is 0 Å². The van der Waals surface area contributed by atoms with Crippen LogP contribution < -0.4 is 11.1 Å². The Morgan fingerprint density at radius 2 is 2.07 bits per heavy atom. The number of nitrogens with one attached hydrogen (secondary N) is 2. The van der Waals surface area contributed by atoms with Gasteiger partial charge in [-0.3, -0.25) is 9.89 Å². The van der Waals surface area contributed by atoms with Gasteiger partial charge in [-0.2, -0.15) is 5.10 Å². The Hall–Kier alpha value is -3.79. The SMILES string of the molecule is NC(=O)c1cnc(Nc2cc(-c3ccn[nH]3)c3ncn(CCO)c3c2)nc1. The van der Waals surface area contributed by atoms with Gasteiger partial charge in [-0.25, -0.2) is 15.0 Å². The molecule has 10 nitrogen and oxygen atoms in total. The highest BCUT2D eigenvalue weighted by Gasteiger charge is 2.13. The van der Waals surface area contributed by atoms with Gasteiger partial charge >= 0.3 is 0 Å². The molecule has 0 spiro atoms. The molecule has 0 atom stereocenters. The smallest absolute Gasteiger partial charge is 0.251 e. The molecule has 3 aromatic heterocycles. The van der Waals surface area contributed by atoms with Crippen LogP contribution in [0.2, 0.25) is 0 Å². The Morgan fingerprint density at radius 1 is 1.26 bits per heavy atom. The zero-order valence-corrected chi connectivity index (χ0v) is 14.1. The number of hydrogen-bond acceptors (Lipinski definition) is 7. The van der Waals surface area contributed by atoms with Crippen molar-refractivity contribution in [3.8, 4) is 11.3 Å². The van der Waals surface area contributed by atoms with Crippen LogP contribution in [0.1, 0.15) is 10.4 Å². The summed E-state index contributed by atoms with van der Waals surface area (Å²) in [5.74, 6) is -0.263. The molecule has 0 unspecified atom stereocenters. The Bertz CT molecular complexity index is 1090. The number of hydrogen-bond donors (Lipinski definition) is 4. The summed E-state index contributed by atoms with van der Waals surface area (Å²) in [4.78, 5) is 23.8. The van der Waals surface area contributed by atoms with E-state index in [1.807, 2.05) is 22.8 Å². The van der Waals surface area contributed by atoms with Crippen LogP contribution in [0.4, 0.5) is 11.6 Å². The first-order chi connectivity index (χ1) is 13.2. The lowest BCUT2D eigenvalue weighted by atomic mass is 10.1. The molecule has 1 amide bonds. The van der Waals surface area contributed by atoms with E-state index in [0.717, 1.165) is 28.0 Å². The number of aromatic amines is 1. The summed E-state index contributed by atoms with van der Waals surface area (Å²) < 4.78 is 1.86. The second kappa shape index (κ2) is 6.84. The molecule has 1 aromatic carbocycles. The maximum atomic E-state index is 11.1. The normalized spacial score (nSPS) is 11.0. The molecule has 0 saturated heterocycles. The van der Waals surface area contributed by atoms with Gasteiger partial charge in [0.25, 0.3) is 5.91 Å². The molecule has 27 heavy (non-hydrogen) atoms. The maximum Gasteiger partial charge on any atom is 0.251 e. The van der Waals surface area contributed by atoms with Crippen LogP contribution in [-0.4, -0.2) is 47.3 Å². The number of benzene rings is 1. The number of anilines is 2. The molecule has 0 aliphatic carbocycles. The first-order valence-electron chi connectivity index (χ1n) is 8.14. The summed E-state index contributed by atoms with van der Waals surface area (Å²) in [6, 6.07) is 5.64. The number of carbonyl (C=O) groups is 1. The highest BCUT2D eigenvalue weighted by Crippen LogP contribution is 2.31. The second-order valence-corrected chi connectivity index (χ2v) is 5.81. The fourth-order valence-electron chi connectivity index (χ4n) is 2.78. The standard InChI is InChI=1S/C17H16N8O2/c18-16(27)10-7-19-17(20-8-10)23-11-5-12(13-1-2-22-24-13)15-14(6-11)25(3-4-26)9-21-15/h1-2,5-9,26H,3-4H2,(H2,18,27)(H,22,24)(H,19,20,23). The molecule has 4 rings (SSSR count). The predicted octanol–water partition coefficient (Wildman–Crippen LogP) is 1.05. The third-order valence-electron chi connectivity index (χ3n) is 4.05. The molecule has 0 bridgehead atoms. The number of aromatic nitrogens is 6. The van der Waals surface area contributed by atoms with Crippen molar-refractivity contribution in [2.75, 3.05) is 11.9 Å². The lowest BCUT2D eigenvalue weighted by Crippen LogP contribution is -2.12. The van der Waals surface area contributed by atoms with Crippen molar-refractivity contribution >= 4 is 28.6 Å². The van der Waals surface area contributed by atoms with E-state index in [4.69, 9.17) is 5.73 Å². The summed E-state index contributed by atoms with van der Waals surface area (Å²) in [7, 11) is 0. The van der Waals surface area contributed by atoms with E-state index in [2.05, 4.69) is 30.5 Å². The van der Waals surface area contributed by atoms with Gasteiger partial charge in [-0.05, 0) is 18.2 Å². The number of amides is 1. The van der Waals surface area contributed by atoms with E-state index in [-0.39, 0.29) is 12.2 Å². The van der Waals surface area contributed by atoms with E-state index in [0.29, 0.717) is 12.5 Å². The molecule has 0 fully saturated rings. The van der Waals surface area contributed by atoms with E-state index < -0.39 is 5.91 Å². The molecule has 4 aromatic rings. The van der Waals surface area contributed by atoms with Crippen molar-refractivity contribution in [2.45, 2.75) is 6.54 Å². The first kappa shape index (κ1) is 16.7. The van der Waals surface area contributed by atoms with Gasteiger partial charge in [0.05, 0.1) is 35.2 Å². The van der Waals surface area contributed by atoms with Crippen LogP contribution in [0, 0.1) is 0 Å². The highest BCUT2D eigenvalue weighted by atomic mass is 16.3. The lowest BCUT2D eigenvalue weighted by Gasteiger charge is -2.09. The van der Waals surface area contributed by atoms with Crippen molar-refractivity contribution in [1.29, 1.82) is 0 Å². The molecule has 136 valence electrons. The quantitative estimate of drug-likeness (QED) is 0.400. The Morgan fingerprint density at radius 3 is 2.74 bits per heavy atom. The summed E-state index contributed by atoms with van der Waals surface area (Å²) in [5.41, 5.74) is 9.43. The number of rotatable bonds is 6. The van der Waals surface area contributed by atoms with Crippen molar-refractivity contribution in [3.05, 3.63) is 48.7 Å². The average Bonchev–Trinajstić information content (AvgIpc) is 3.33. The van der Waals surface area contributed by atoms with Crippen LogP contribution in [-0.2, 0) is 6.54 Å². The van der Waals surface area contributed by atoms with E-state index in [9.17, 15) is 9.90 Å². The first-order valence-corrected chi connectivity index (χ1v) is 8.14. The minimum atomic E-state index is -0.586. The Labute approximate surface area is 153 Å². The largest absolute Gasteiger partial charge is 0.395 e. The fourth-order valence-corrected chi connectivity index (χ4v) is 2.78. The zero-order valence-electron chi connectivity index (χ0n) is 14.1. The number of H-pyrrole nitrogens is 1. The summed E-state index contributed by atoms with van der Waals surface area (Å²) in [5, 5.41) is 19.3. The van der Waals surface area contributed by atoms with Crippen LogP contribution in [0.5, 0.6) is 0 Å². The Balaban J connectivity index is 1.77. The molecule has 0 aliphatic heterocycles. The monoisotopic (exact) mass is 364 g/mol. The Kier molecular flexibility index (Phi) is 4.22. The molecule has 10 heteroatoms. The second-order valence-electron chi connectivity index (χ2n) is 5.81. The van der Waals surface area contributed by atoms with Crippen molar-refractivity contribution in [2.24, 2.45) is 5.73 Å². The van der Waals surface area contributed by atoms with Crippen molar-refractivity contribution in [3.63, 3.8) is 0 Å². The van der Waals surface area contributed by atoms with Crippen LogP contribution in [0.3, 0.4) is 0 Å². The van der Waals surface area contributed by atoms with Crippen molar-refractivity contribution < 1.29 is 9.90 Å². The summed E-state index contributed by atoms with van der Waals surface area (Å²) >= 11 is 0. The number of primary amides is 1. The van der Waals surface area contributed by atoms with Gasteiger partial charge in [-0.1, -0.05) is 0 Å². The van der Waals surface area contributed by atoms with Crippen LogP contribution in [0.25, 0.3) is 22.3 Å². The minimum absolute atomic E-state index is 0.000196. The highest BCUT2D eigenvalue weighted by molar-refractivity contribution is 5.95. The number of nitrogens with two attached hydrogens (primary N) is 1. The third-order valence-corrected chi connectivity index (χ3v) is 4.05. The number of nitrogens with zero attached hydrogens (tertiary/aromatic N) is 5. The molecule has 0 saturated carbocycles. The van der Waals surface area contributed by atoms with Gasteiger partial charge in [0.2, 0.25) is 5.95 Å². The minimum Gasteiger partial charge on any atom is -0.395 e. The third kappa shape index (κ3) is 3.20. The van der Waals surface area contributed by atoms with Gasteiger partial charge < -0.3 is 20.7 Å². The van der Waals surface area contributed by atoms with E-state index in [1.165, 1.54) is 12.4 Å². The van der Waals surface area contributed by atoms with Gasteiger partial charge in [-0.15, -0.1) is 0 Å².